The Bertz CT molecular complexity index is 748. The molecular weight excluding hydrogens is 394 g/mol. The van der Waals surface area contributed by atoms with Crippen molar-refractivity contribution in [1.82, 2.24) is 5.32 Å². The number of benzene rings is 1. The van der Waals surface area contributed by atoms with Gasteiger partial charge >= 0.3 is 0 Å². The summed E-state index contributed by atoms with van der Waals surface area (Å²) in [6.45, 7) is 2.07. The second-order valence-corrected chi connectivity index (χ2v) is 6.84. The van der Waals surface area contributed by atoms with Crippen LogP contribution < -0.4 is 21.1 Å². The van der Waals surface area contributed by atoms with Gasteiger partial charge in [-0.25, -0.2) is 0 Å². The van der Waals surface area contributed by atoms with Crippen molar-refractivity contribution in [3.63, 3.8) is 0 Å². The van der Waals surface area contributed by atoms with Crippen molar-refractivity contribution in [3.8, 4) is 5.75 Å². The molecule has 0 aliphatic rings. The van der Waals surface area contributed by atoms with E-state index < -0.39 is 5.91 Å². The van der Waals surface area contributed by atoms with Gasteiger partial charge in [-0.3, -0.25) is 9.59 Å². The van der Waals surface area contributed by atoms with E-state index in [1.54, 1.807) is 18.6 Å². The number of carbonyl (C=O) groups excluding carboxylic acids is 2. The van der Waals surface area contributed by atoms with Crippen LogP contribution in [0.5, 0.6) is 5.75 Å². The first-order valence-electron chi connectivity index (χ1n) is 7.16. The van der Waals surface area contributed by atoms with Crippen molar-refractivity contribution < 1.29 is 14.3 Å². The molecule has 2 aromatic rings. The van der Waals surface area contributed by atoms with Crippen LogP contribution in [0.3, 0.4) is 0 Å². The zero-order chi connectivity index (χ0) is 17.7. The molecule has 0 radical (unpaired) electrons. The van der Waals surface area contributed by atoms with Crippen LogP contribution in [0.15, 0.2) is 34.1 Å². The molecule has 0 spiro atoms. The van der Waals surface area contributed by atoms with E-state index in [-0.39, 0.29) is 18.5 Å². The Balaban J connectivity index is 1.92. The number of nitrogens with two attached hydrogens (primary N) is 1. The lowest BCUT2D eigenvalue weighted by atomic mass is 10.1. The molecule has 24 heavy (non-hydrogen) atoms. The number of primary amides is 1. The summed E-state index contributed by atoms with van der Waals surface area (Å²) in [4.78, 5) is 23.3. The van der Waals surface area contributed by atoms with Crippen LogP contribution in [-0.4, -0.2) is 25.5 Å². The fourth-order valence-corrected chi connectivity index (χ4v) is 3.45. The van der Waals surface area contributed by atoms with Crippen molar-refractivity contribution in [3.05, 3.63) is 45.2 Å². The molecule has 2 amide bonds. The smallest absolute Gasteiger partial charge is 0.251 e. The minimum Gasteiger partial charge on any atom is -0.496 e. The predicted molar refractivity (Wildman–Crippen MR) is 98.6 cm³/mol. The van der Waals surface area contributed by atoms with Gasteiger partial charge in [-0.2, -0.15) is 0 Å². The second-order valence-electron chi connectivity index (χ2n) is 5.07. The molecule has 8 heteroatoms. The van der Waals surface area contributed by atoms with Crippen LogP contribution >= 0.6 is 27.3 Å². The molecule has 1 heterocycles. The van der Waals surface area contributed by atoms with Crippen LogP contribution in [0.2, 0.25) is 0 Å². The molecule has 1 atom stereocenters. The maximum absolute atomic E-state index is 12.0. The fourth-order valence-electron chi connectivity index (χ4n) is 2.09. The van der Waals surface area contributed by atoms with Gasteiger partial charge in [0.2, 0.25) is 5.91 Å². The number of hydrogen-bond donors (Lipinski definition) is 3. The number of ether oxygens (including phenoxy) is 1. The molecule has 0 aliphatic heterocycles. The van der Waals surface area contributed by atoms with E-state index in [0.29, 0.717) is 10.6 Å². The summed E-state index contributed by atoms with van der Waals surface area (Å²) in [7, 11) is 1.61. The molecule has 2 rings (SSSR count). The average molecular weight is 412 g/mol. The lowest BCUT2D eigenvalue weighted by Gasteiger charge is -2.15. The van der Waals surface area contributed by atoms with Crippen molar-refractivity contribution in [2.75, 3.05) is 19.0 Å². The molecular formula is C16H18BrN3O3S. The van der Waals surface area contributed by atoms with Crippen LogP contribution in [0.4, 0.5) is 5.00 Å². The number of methoxy groups -OCH3 is 1. The van der Waals surface area contributed by atoms with Gasteiger partial charge in [-0.15, -0.1) is 11.3 Å². The first kappa shape index (κ1) is 18.4. The van der Waals surface area contributed by atoms with Gasteiger partial charge in [0.25, 0.3) is 5.91 Å². The zero-order valence-electron chi connectivity index (χ0n) is 13.3. The highest BCUT2D eigenvalue weighted by Crippen LogP contribution is 2.28. The Morgan fingerprint density at radius 1 is 1.38 bits per heavy atom. The molecule has 1 aromatic heterocycles. The summed E-state index contributed by atoms with van der Waals surface area (Å²) in [6, 6.07) is 7.30. The van der Waals surface area contributed by atoms with Crippen molar-refractivity contribution >= 4 is 44.1 Å². The summed E-state index contributed by atoms with van der Waals surface area (Å²) in [6.07, 6.45) is 0. The molecule has 6 nitrogen and oxygen atoms in total. The highest BCUT2D eigenvalue weighted by atomic mass is 79.9. The monoisotopic (exact) mass is 411 g/mol. The molecule has 0 fully saturated rings. The Labute approximate surface area is 152 Å². The number of hydrogen-bond acceptors (Lipinski definition) is 5. The molecule has 0 saturated carbocycles. The number of halogens is 1. The largest absolute Gasteiger partial charge is 0.496 e. The minimum absolute atomic E-state index is 0.0306. The van der Waals surface area contributed by atoms with E-state index in [4.69, 9.17) is 10.5 Å². The fraction of sp³-hybridized carbons (Fsp3) is 0.250. The van der Waals surface area contributed by atoms with Gasteiger partial charge in [0.15, 0.2) is 0 Å². The summed E-state index contributed by atoms with van der Waals surface area (Å²) in [5, 5.41) is 8.01. The summed E-state index contributed by atoms with van der Waals surface area (Å²) >= 11 is 4.70. The standard InChI is InChI=1S/C16H18BrN3O3S/c1-9(10-3-4-13(23-2)12(17)7-10)19-8-14(21)20-16-11(15(18)22)5-6-24-16/h3-7,9,19H,8H2,1-2H3,(H2,18,22)(H,20,21)/t9-/m0/s1. The van der Waals surface area contributed by atoms with Crippen molar-refractivity contribution in [2.24, 2.45) is 5.73 Å². The Morgan fingerprint density at radius 3 is 2.75 bits per heavy atom. The highest BCUT2D eigenvalue weighted by molar-refractivity contribution is 9.10. The number of amides is 2. The minimum atomic E-state index is -0.559. The van der Waals surface area contributed by atoms with Crippen LogP contribution in [0.1, 0.15) is 28.9 Å². The first-order chi connectivity index (χ1) is 11.4. The van der Waals surface area contributed by atoms with Gasteiger partial charge < -0.3 is 21.1 Å². The number of thiophene rings is 1. The average Bonchev–Trinajstić information content (AvgIpc) is 3.00. The molecule has 4 N–H and O–H groups in total. The number of nitrogens with one attached hydrogen (secondary N) is 2. The first-order valence-corrected chi connectivity index (χ1v) is 8.83. The second kappa shape index (κ2) is 8.27. The number of anilines is 1. The van der Waals surface area contributed by atoms with E-state index in [0.717, 1.165) is 15.8 Å². The van der Waals surface area contributed by atoms with Crippen molar-refractivity contribution in [1.29, 1.82) is 0 Å². The van der Waals surface area contributed by atoms with Crippen LogP contribution in [-0.2, 0) is 4.79 Å². The molecule has 0 unspecified atom stereocenters. The Hall–Kier alpha value is -1.90. The van der Waals surface area contributed by atoms with Crippen LogP contribution in [0, 0.1) is 0 Å². The summed E-state index contributed by atoms with van der Waals surface area (Å²) < 4.78 is 6.05. The Morgan fingerprint density at radius 2 is 2.12 bits per heavy atom. The maximum atomic E-state index is 12.0. The maximum Gasteiger partial charge on any atom is 0.251 e. The van der Waals surface area contributed by atoms with Gasteiger partial charge in [0, 0.05) is 6.04 Å². The van der Waals surface area contributed by atoms with E-state index in [1.807, 2.05) is 25.1 Å². The highest BCUT2D eigenvalue weighted by Gasteiger charge is 2.14. The number of carbonyl (C=O) groups is 2. The topological polar surface area (TPSA) is 93.4 Å². The van der Waals surface area contributed by atoms with Gasteiger partial charge in [-0.1, -0.05) is 6.07 Å². The SMILES string of the molecule is COc1ccc([C@H](C)NCC(=O)Nc2sccc2C(N)=O)cc1Br. The van der Waals surface area contributed by atoms with E-state index in [9.17, 15) is 9.59 Å². The van der Waals surface area contributed by atoms with Gasteiger partial charge in [-0.05, 0) is 52.0 Å². The molecule has 128 valence electrons. The summed E-state index contributed by atoms with van der Waals surface area (Å²) in [5.41, 5.74) is 6.59. The molecule has 1 aromatic carbocycles. The van der Waals surface area contributed by atoms with E-state index >= 15 is 0 Å². The third kappa shape index (κ3) is 4.56. The van der Waals surface area contributed by atoms with Crippen LogP contribution in [0.25, 0.3) is 0 Å². The summed E-state index contributed by atoms with van der Waals surface area (Å²) in [5.74, 6) is -0.0456. The normalized spacial score (nSPS) is 11.8. The van der Waals surface area contributed by atoms with E-state index in [1.165, 1.54) is 11.3 Å². The predicted octanol–water partition coefficient (Wildman–Crippen LogP) is 2.91. The zero-order valence-corrected chi connectivity index (χ0v) is 15.7. The van der Waals surface area contributed by atoms with Gasteiger partial charge in [0.05, 0.1) is 23.7 Å². The van der Waals surface area contributed by atoms with Gasteiger partial charge in [0.1, 0.15) is 10.8 Å². The Kier molecular flexibility index (Phi) is 6.36. The van der Waals surface area contributed by atoms with Crippen molar-refractivity contribution in [2.45, 2.75) is 13.0 Å². The lowest BCUT2D eigenvalue weighted by molar-refractivity contribution is -0.115. The number of rotatable bonds is 7. The molecule has 0 saturated heterocycles. The molecule has 0 aliphatic carbocycles. The third-order valence-electron chi connectivity index (χ3n) is 3.43. The van der Waals surface area contributed by atoms with E-state index in [2.05, 4.69) is 26.6 Å². The molecule has 0 bridgehead atoms. The lowest BCUT2D eigenvalue weighted by Crippen LogP contribution is -2.30. The quantitative estimate of drug-likeness (QED) is 0.652. The third-order valence-corrected chi connectivity index (χ3v) is 4.88.